The summed E-state index contributed by atoms with van der Waals surface area (Å²) in [5, 5.41) is 17.0. The second-order valence-electron chi connectivity index (χ2n) is 3.52. The number of halogens is 1. The van der Waals surface area contributed by atoms with Crippen LogP contribution in [0.15, 0.2) is 18.2 Å². The fourth-order valence-corrected chi connectivity index (χ4v) is 2.26. The normalized spacial score (nSPS) is 12.4. The van der Waals surface area contributed by atoms with Crippen LogP contribution < -0.4 is 5.73 Å². The molecule has 1 unspecified atom stereocenters. The lowest BCUT2D eigenvalue weighted by Gasteiger charge is -2.09. The molecular weight excluding hydrogens is 244 g/mol. The van der Waals surface area contributed by atoms with Crippen LogP contribution in [0, 0.1) is 5.41 Å². The molecule has 0 saturated carbocycles. The van der Waals surface area contributed by atoms with E-state index >= 15 is 0 Å². The maximum absolute atomic E-state index is 8.90. The third-order valence-corrected chi connectivity index (χ3v) is 3.69. The number of thioether (sulfide) groups is 1. The van der Waals surface area contributed by atoms with E-state index in [4.69, 9.17) is 27.9 Å². The molecule has 1 atom stereocenters. The molecule has 1 aromatic carbocycles. The van der Waals surface area contributed by atoms with Crippen LogP contribution in [-0.2, 0) is 5.75 Å². The molecule has 88 valence electrons. The van der Waals surface area contributed by atoms with Crippen molar-refractivity contribution in [2.24, 2.45) is 5.73 Å². The monoisotopic (exact) mass is 258 g/mol. The molecule has 0 aliphatic rings. The fraction of sp³-hybridized carbons (Fsp3) is 0.364. The molecule has 1 aromatic rings. The number of aliphatic hydroxyl groups excluding tert-OH is 1. The Morgan fingerprint density at radius 1 is 1.62 bits per heavy atom. The van der Waals surface area contributed by atoms with Crippen LogP contribution in [0.5, 0.6) is 0 Å². The van der Waals surface area contributed by atoms with Crippen LogP contribution in [0.25, 0.3) is 0 Å². The molecule has 0 aliphatic carbocycles. The van der Waals surface area contributed by atoms with E-state index in [2.05, 4.69) is 0 Å². The van der Waals surface area contributed by atoms with Crippen LogP contribution in [0.1, 0.15) is 18.1 Å². The summed E-state index contributed by atoms with van der Waals surface area (Å²) in [6.45, 7) is 2.12. The van der Waals surface area contributed by atoms with Crippen molar-refractivity contribution >= 4 is 29.2 Å². The Bertz CT molecular complexity index is 384. The van der Waals surface area contributed by atoms with E-state index < -0.39 is 0 Å². The molecule has 1 rings (SSSR count). The zero-order valence-electron chi connectivity index (χ0n) is 9.03. The number of rotatable bonds is 5. The molecule has 0 heterocycles. The lowest BCUT2D eigenvalue weighted by molar-refractivity contribution is 0.300. The lowest BCUT2D eigenvalue weighted by atomic mass is 10.1. The summed E-state index contributed by atoms with van der Waals surface area (Å²) >= 11 is 7.71. The van der Waals surface area contributed by atoms with Crippen molar-refractivity contribution in [2.75, 3.05) is 6.61 Å². The van der Waals surface area contributed by atoms with Crippen molar-refractivity contribution in [1.29, 1.82) is 5.41 Å². The van der Waals surface area contributed by atoms with Crippen molar-refractivity contribution in [1.82, 2.24) is 0 Å². The summed E-state index contributed by atoms with van der Waals surface area (Å²) in [6.07, 6.45) is 0. The van der Waals surface area contributed by atoms with E-state index in [0.717, 1.165) is 11.3 Å². The van der Waals surface area contributed by atoms with Crippen LogP contribution in [-0.4, -0.2) is 22.8 Å². The highest BCUT2D eigenvalue weighted by Gasteiger charge is 2.06. The zero-order chi connectivity index (χ0) is 12.1. The lowest BCUT2D eigenvalue weighted by Crippen LogP contribution is -2.11. The largest absolute Gasteiger partial charge is 0.395 e. The number of nitrogens with one attached hydrogen (secondary N) is 1. The molecule has 0 fully saturated rings. The van der Waals surface area contributed by atoms with Gasteiger partial charge in [-0.05, 0) is 11.6 Å². The van der Waals surface area contributed by atoms with Gasteiger partial charge in [0.1, 0.15) is 5.84 Å². The number of aliphatic hydroxyl groups is 1. The maximum atomic E-state index is 8.90. The molecule has 0 spiro atoms. The fourth-order valence-electron chi connectivity index (χ4n) is 1.12. The Labute approximate surface area is 105 Å². The maximum Gasteiger partial charge on any atom is 0.122 e. The Morgan fingerprint density at radius 2 is 2.31 bits per heavy atom. The molecule has 0 amide bonds. The summed E-state index contributed by atoms with van der Waals surface area (Å²) < 4.78 is 0. The van der Waals surface area contributed by atoms with Gasteiger partial charge in [-0.15, -0.1) is 0 Å². The molecule has 0 aromatic heterocycles. The minimum atomic E-state index is 0.0184. The third kappa shape index (κ3) is 3.70. The van der Waals surface area contributed by atoms with Gasteiger partial charge in [-0.1, -0.05) is 30.7 Å². The minimum absolute atomic E-state index is 0.0184. The van der Waals surface area contributed by atoms with Gasteiger partial charge in [0.25, 0.3) is 0 Å². The first-order valence-corrected chi connectivity index (χ1v) is 6.32. The van der Waals surface area contributed by atoms with Gasteiger partial charge in [0.2, 0.25) is 0 Å². The van der Waals surface area contributed by atoms with Gasteiger partial charge in [0.15, 0.2) is 0 Å². The van der Waals surface area contributed by atoms with E-state index in [1.165, 1.54) is 0 Å². The number of benzene rings is 1. The minimum Gasteiger partial charge on any atom is -0.395 e. The predicted molar refractivity (Wildman–Crippen MR) is 70.3 cm³/mol. The topological polar surface area (TPSA) is 70.1 Å². The molecule has 4 N–H and O–H groups in total. The Kier molecular flexibility index (Phi) is 5.12. The van der Waals surface area contributed by atoms with Gasteiger partial charge < -0.3 is 10.8 Å². The van der Waals surface area contributed by atoms with Crippen LogP contribution >= 0.6 is 23.4 Å². The quantitative estimate of drug-likeness (QED) is 0.560. The molecule has 0 saturated heterocycles. The van der Waals surface area contributed by atoms with E-state index in [1.807, 2.05) is 13.0 Å². The summed E-state index contributed by atoms with van der Waals surface area (Å²) in [4.78, 5) is 0. The Balaban J connectivity index is 2.72. The van der Waals surface area contributed by atoms with E-state index in [-0.39, 0.29) is 17.7 Å². The summed E-state index contributed by atoms with van der Waals surface area (Å²) in [5.41, 5.74) is 6.99. The van der Waals surface area contributed by atoms with Crippen LogP contribution in [0.3, 0.4) is 0 Å². The van der Waals surface area contributed by atoms with E-state index in [1.54, 1.807) is 23.9 Å². The Hall–Kier alpha value is -0.710. The second kappa shape index (κ2) is 6.13. The summed E-state index contributed by atoms with van der Waals surface area (Å²) in [7, 11) is 0. The Morgan fingerprint density at radius 3 is 2.81 bits per heavy atom. The number of nitrogen functional groups attached to an aromatic ring is 1. The second-order valence-corrected chi connectivity index (χ2v) is 5.36. The third-order valence-electron chi connectivity index (χ3n) is 2.14. The van der Waals surface area contributed by atoms with Crippen molar-refractivity contribution in [3.8, 4) is 0 Å². The smallest absolute Gasteiger partial charge is 0.122 e. The number of nitrogens with two attached hydrogens (primary N) is 1. The number of amidine groups is 1. The predicted octanol–water partition coefficient (Wildman–Crippen LogP) is 2.24. The van der Waals surface area contributed by atoms with Gasteiger partial charge in [-0.25, -0.2) is 0 Å². The highest BCUT2D eigenvalue weighted by Crippen LogP contribution is 2.24. The molecule has 0 bridgehead atoms. The first-order valence-electron chi connectivity index (χ1n) is 4.90. The highest BCUT2D eigenvalue weighted by atomic mass is 35.5. The van der Waals surface area contributed by atoms with Crippen LogP contribution in [0.2, 0.25) is 5.02 Å². The van der Waals surface area contributed by atoms with Gasteiger partial charge >= 0.3 is 0 Å². The summed E-state index contributed by atoms with van der Waals surface area (Å²) in [5.74, 6) is 0.767. The van der Waals surface area contributed by atoms with Gasteiger partial charge in [-0.2, -0.15) is 11.8 Å². The number of hydrogen-bond acceptors (Lipinski definition) is 3. The van der Waals surface area contributed by atoms with Gasteiger partial charge in [0, 0.05) is 21.6 Å². The average Bonchev–Trinajstić information content (AvgIpc) is 2.26. The van der Waals surface area contributed by atoms with Gasteiger partial charge in [-0.3, -0.25) is 5.41 Å². The SMILES string of the molecule is CC(CO)SCc1ccc(C(=N)N)cc1Cl. The molecule has 16 heavy (non-hydrogen) atoms. The van der Waals surface area contributed by atoms with Crippen molar-refractivity contribution in [3.63, 3.8) is 0 Å². The average molecular weight is 259 g/mol. The molecule has 5 heteroatoms. The first kappa shape index (κ1) is 13.4. The molecule has 0 aliphatic heterocycles. The number of hydrogen-bond donors (Lipinski definition) is 3. The molecule has 3 nitrogen and oxygen atoms in total. The van der Waals surface area contributed by atoms with E-state index in [0.29, 0.717) is 10.6 Å². The van der Waals surface area contributed by atoms with Crippen molar-refractivity contribution < 1.29 is 5.11 Å². The van der Waals surface area contributed by atoms with Crippen molar-refractivity contribution in [3.05, 3.63) is 34.3 Å². The standard InChI is InChI=1S/C11H15ClN2OS/c1-7(5-15)16-6-9-3-2-8(11(13)14)4-10(9)12/h2-4,7,15H,5-6H2,1H3,(H3,13,14). The van der Waals surface area contributed by atoms with Crippen molar-refractivity contribution in [2.45, 2.75) is 17.9 Å². The molecule has 0 radical (unpaired) electrons. The van der Waals surface area contributed by atoms with Crippen LogP contribution in [0.4, 0.5) is 0 Å². The highest BCUT2D eigenvalue weighted by molar-refractivity contribution is 7.99. The van der Waals surface area contributed by atoms with E-state index in [9.17, 15) is 0 Å². The summed E-state index contributed by atoms with van der Waals surface area (Å²) in [6, 6.07) is 5.35. The van der Waals surface area contributed by atoms with Gasteiger partial charge in [0.05, 0.1) is 6.61 Å². The molecular formula is C11H15ClN2OS. The first-order chi connectivity index (χ1) is 7.54. The zero-order valence-corrected chi connectivity index (χ0v) is 10.6.